The van der Waals surface area contributed by atoms with Gasteiger partial charge >= 0.3 is 6.61 Å². The molecule has 1 fully saturated rings. The zero-order chi connectivity index (χ0) is 21.2. The first-order chi connectivity index (χ1) is 13.7. The number of hydrogen-bond donors (Lipinski definition) is 2. The largest absolute Gasteiger partial charge is 0.433 e. The summed E-state index contributed by atoms with van der Waals surface area (Å²) in [6, 6.07) is 8.19. The molecule has 3 rings (SSSR count). The summed E-state index contributed by atoms with van der Waals surface area (Å²) in [5, 5.41) is 12.3. The molecule has 1 saturated heterocycles. The van der Waals surface area contributed by atoms with Crippen LogP contribution in [-0.4, -0.2) is 49.0 Å². The van der Waals surface area contributed by atoms with Crippen LogP contribution in [0.15, 0.2) is 53.4 Å². The second-order valence-corrected chi connectivity index (χ2v) is 8.19. The number of nitrogens with zero attached hydrogens (tertiary/aromatic N) is 1. The summed E-state index contributed by atoms with van der Waals surface area (Å²) >= 11 is 0. The molecule has 1 heterocycles. The van der Waals surface area contributed by atoms with E-state index in [0.29, 0.717) is 0 Å². The smallest absolute Gasteiger partial charge is 0.387 e. The maximum atomic E-state index is 13.1. The van der Waals surface area contributed by atoms with Crippen LogP contribution >= 0.6 is 0 Å². The molecule has 29 heavy (non-hydrogen) atoms. The number of benzene rings is 2. The minimum absolute atomic E-state index is 0.0710. The van der Waals surface area contributed by atoms with E-state index in [1.807, 2.05) is 0 Å². The second-order valence-electron chi connectivity index (χ2n) is 6.30. The Bertz CT molecular complexity index is 985. The fourth-order valence-electron chi connectivity index (χ4n) is 3.01. The van der Waals surface area contributed by atoms with Gasteiger partial charge in [0.25, 0.3) is 0 Å². The maximum absolute atomic E-state index is 13.1. The summed E-state index contributed by atoms with van der Waals surface area (Å²) in [6.07, 6.45) is -1.29. The molecule has 2 aromatic carbocycles. The average molecular weight is 430 g/mol. The summed E-state index contributed by atoms with van der Waals surface area (Å²) in [4.78, 5) is 12.5. The van der Waals surface area contributed by atoms with E-state index in [9.17, 15) is 31.5 Å². The number of anilines is 1. The maximum Gasteiger partial charge on any atom is 0.387 e. The summed E-state index contributed by atoms with van der Waals surface area (Å²) in [5.74, 6) is -1.74. The van der Waals surface area contributed by atoms with Crippen LogP contribution in [0.3, 0.4) is 0 Å². The molecule has 1 aliphatic rings. The van der Waals surface area contributed by atoms with Crippen molar-refractivity contribution >= 4 is 21.6 Å². The lowest BCUT2D eigenvalue weighted by atomic mass is 10.2. The molecule has 0 spiro atoms. The van der Waals surface area contributed by atoms with E-state index in [4.69, 9.17) is 0 Å². The number of carbonyl (C=O) groups is 1. The summed E-state index contributed by atoms with van der Waals surface area (Å²) in [7, 11) is -4.21. The van der Waals surface area contributed by atoms with Crippen molar-refractivity contribution in [2.45, 2.75) is 30.1 Å². The zero-order valence-corrected chi connectivity index (χ0v) is 15.7. The van der Waals surface area contributed by atoms with E-state index in [2.05, 4.69) is 10.1 Å². The van der Waals surface area contributed by atoms with Gasteiger partial charge in [-0.25, -0.2) is 12.8 Å². The van der Waals surface area contributed by atoms with E-state index in [1.165, 1.54) is 24.3 Å². The normalized spacial score (nSPS) is 20.0. The fourth-order valence-corrected chi connectivity index (χ4v) is 4.65. The Morgan fingerprint density at radius 1 is 1.17 bits per heavy atom. The number of aliphatic hydroxyl groups excluding tert-OH is 1. The number of aliphatic hydroxyl groups is 1. The number of ether oxygens (including phenoxy) is 1. The molecule has 0 radical (unpaired) electrons. The summed E-state index contributed by atoms with van der Waals surface area (Å²) < 4.78 is 69.1. The third-order valence-electron chi connectivity index (χ3n) is 4.32. The Morgan fingerprint density at radius 2 is 1.83 bits per heavy atom. The van der Waals surface area contributed by atoms with Gasteiger partial charge in [-0.2, -0.15) is 13.1 Å². The van der Waals surface area contributed by atoms with E-state index in [0.717, 1.165) is 28.6 Å². The number of hydrogen-bond acceptors (Lipinski definition) is 5. The molecule has 1 amide bonds. The quantitative estimate of drug-likeness (QED) is 0.733. The highest BCUT2D eigenvalue weighted by Crippen LogP contribution is 2.30. The highest BCUT2D eigenvalue weighted by molar-refractivity contribution is 7.89. The third kappa shape index (κ3) is 4.69. The molecular weight excluding hydrogens is 413 g/mol. The van der Waals surface area contributed by atoms with Crippen molar-refractivity contribution in [2.24, 2.45) is 0 Å². The minimum atomic E-state index is -4.21. The Kier molecular flexibility index (Phi) is 6.10. The topological polar surface area (TPSA) is 95.9 Å². The number of nitrogens with one attached hydrogen (secondary N) is 1. The SMILES string of the molecule is O=C(Nc1ccccc1OC(F)F)[C@@H]1C[C@H](O)CN1S(=O)(=O)c1ccc(F)cc1. The summed E-state index contributed by atoms with van der Waals surface area (Å²) in [6.45, 7) is -3.45. The molecule has 2 aromatic rings. The number of sulfonamides is 1. The molecular formula is C18H17F3N2O5S. The number of carbonyl (C=O) groups excluding carboxylic acids is 1. The van der Waals surface area contributed by atoms with Crippen LogP contribution in [0, 0.1) is 5.82 Å². The van der Waals surface area contributed by atoms with Crippen LogP contribution in [0.4, 0.5) is 18.9 Å². The predicted octanol–water partition coefficient (Wildman–Crippen LogP) is 2.19. The first-order valence-corrected chi connectivity index (χ1v) is 9.92. The molecule has 0 saturated carbocycles. The number of rotatable bonds is 6. The second kappa shape index (κ2) is 8.39. The van der Waals surface area contributed by atoms with Crippen molar-refractivity contribution in [3.63, 3.8) is 0 Å². The van der Waals surface area contributed by atoms with Crippen molar-refractivity contribution in [2.75, 3.05) is 11.9 Å². The van der Waals surface area contributed by atoms with Gasteiger partial charge in [-0.1, -0.05) is 12.1 Å². The summed E-state index contributed by atoms with van der Waals surface area (Å²) in [5.41, 5.74) is -0.0710. The van der Waals surface area contributed by atoms with Crippen molar-refractivity contribution in [3.05, 3.63) is 54.3 Å². The Labute approximate surface area is 164 Å². The Hall–Kier alpha value is -2.63. The molecule has 0 bridgehead atoms. The van der Waals surface area contributed by atoms with Crippen LogP contribution in [0.2, 0.25) is 0 Å². The number of halogens is 3. The molecule has 2 N–H and O–H groups in total. The molecule has 0 unspecified atom stereocenters. The first-order valence-electron chi connectivity index (χ1n) is 8.48. The first kappa shape index (κ1) is 21.1. The Morgan fingerprint density at radius 3 is 2.48 bits per heavy atom. The van der Waals surface area contributed by atoms with E-state index in [1.54, 1.807) is 0 Å². The van der Waals surface area contributed by atoms with Crippen molar-refractivity contribution in [3.8, 4) is 5.75 Å². The fraction of sp³-hybridized carbons (Fsp3) is 0.278. The highest BCUT2D eigenvalue weighted by atomic mass is 32.2. The van der Waals surface area contributed by atoms with Crippen LogP contribution < -0.4 is 10.1 Å². The Balaban J connectivity index is 1.85. The highest BCUT2D eigenvalue weighted by Gasteiger charge is 2.43. The van der Waals surface area contributed by atoms with Gasteiger partial charge in [0.05, 0.1) is 16.7 Å². The van der Waals surface area contributed by atoms with Crippen molar-refractivity contribution in [1.82, 2.24) is 4.31 Å². The van der Waals surface area contributed by atoms with Gasteiger partial charge < -0.3 is 15.2 Å². The van der Waals surface area contributed by atoms with E-state index >= 15 is 0 Å². The van der Waals surface area contributed by atoms with Crippen molar-refractivity contribution < 1.29 is 36.2 Å². The lowest BCUT2D eigenvalue weighted by Gasteiger charge is -2.23. The molecule has 2 atom stereocenters. The molecule has 0 aromatic heterocycles. The van der Waals surface area contributed by atoms with Crippen LogP contribution in [0.25, 0.3) is 0 Å². The molecule has 0 aliphatic carbocycles. The number of amides is 1. The van der Waals surface area contributed by atoms with Gasteiger partial charge in [0, 0.05) is 13.0 Å². The van der Waals surface area contributed by atoms with Crippen LogP contribution in [0.5, 0.6) is 5.75 Å². The number of β-amino-alcohol motifs (C(OH)–C–C–N with tert-alkyl or cyclic N) is 1. The number of para-hydroxylation sites is 2. The van der Waals surface area contributed by atoms with Gasteiger partial charge in [0.1, 0.15) is 17.6 Å². The molecule has 156 valence electrons. The van der Waals surface area contributed by atoms with Gasteiger partial charge in [-0.15, -0.1) is 0 Å². The lowest BCUT2D eigenvalue weighted by molar-refractivity contribution is -0.119. The van der Waals surface area contributed by atoms with Gasteiger partial charge in [0.15, 0.2) is 0 Å². The zero-order valence-electron chi connectivity index (χ0n) is 14.8. The van der Waals surface area contributed by atoms with Gasteiger partial charge in [0.2, 0.25) is 15.9 Å². The van der Waals surface area contributed by atoms with Crippen LogP contribution in [0.1, 0.15) is 6.42 Å². The standard InChI is InChI=1S/C18H17F3N2O5S/c19-11-5-7-13(8-6-11)29(26,27)23-10-12(24)9-15(23)17(25)22-14-3-1-2-4-16(14)28-18(20)21/h1-8,12,15,18,24H,9-10H2,(H,22,25)/t12-,15-/m0/s1. The number of alkyl halides is 2. The van der Waals surface area contributed by atoms with Crippen molar-refractivity contribution in [1.29, 1.82) is 0 Å². The predicted molar refractivity (Wildman–Crippen MR) is 96.4 cm³/mol. The van der Waals surface area contributed by atoms with E-state index < -0.39 is 40.5 Å². The molecule has 11 heteroatoms. The average Bonchev–Trinajstić information content (AvgIpc) is 3.06. The van der Waals surface area contributed by atoms with Gasteiger partial charge in [-0.05, 0) is 36.4 Å². The van der Waals surface area contributed by atoms with Crippen LogP contribution in [-0.2, 0) is 14.8 Å². The molecule has 1 aliphatic heterocycles. The minimum Gasteiger partial charge on any atom is -0.433 e. The van der Waals surface area contributed by atoms with E-state index in [-0.39, 0.29) is 29.3 Å². The lowest BCUT2D eigenvalue weighted by Crippen LogP contribution is -2.43. The third-order valence-corrected chi connectivity index (χ3v) is 6.21. The molecule has 7 nitrogen and oxygen atoms in total. The monoisotopic (exact) mass is 430 g/mol. The van der Waals surface area contributed by atoms with Gasteiger partial charge in [-0.3, -0.25) is 4.79 Å².